The van der Waals surface area contributed by atoms with Crippen LogP contribution in [0, 0.1) is 19.8 Å². The first-order valence-corrected chi connectivity index (χ1v) is 8.26. The van der Waals surface area contributed by atoms with Crippen LogP contribution in [0.2, 0.25) is 0 Å². The highest BCUT2D eigenvalue weighted by Gasteiger charge is 2.18. The van der Waals surface area contributed by atoms with E-state index in [0.29, 0.717) is 0 Å². The molecule has 1 aromatic rings. The van der Waals surface area contributed by atoms with Crippen LogP contribution >= 0.6 is 12.4 Å². The first-order chi connectivity index (χ1) is 10.2. The molecular weight excluding hydrogens is 296 g/mol. The van der Waals surface area contributed by atoms with Crippen LogP contribution in [0.5, 0.6) is 5.75 Å². The largest absolute Gasteiger partial charge is 0.492 e. The minimum Gasteiger partial charge on any atom is -0.492 e. The quantitative estimate of drug-likeness (QED) is 0.831. The van der Waals surface area contributed by atoms with Crippen LogP contribution < -0.4 is 10.1 Å². The molecule has 0 spiro atoms. The number of ether oxygens (including phenoxy) is 1. The summed E-state index contributed by atoms with van der Waals surface area (Å²) in [5, 5.41) is 3.25. The Hall–Kier alpha value is -0.770. The van der Waals surface area contributed by atoms with Crippen molar-refractivity contribution in [3.63, 3.8) is 0 Å². The molecule has 1 aliphatic heterocycles. The highest BCUT2D eigenvalue weighted by Crippen LogP contribution is 2.21. The molecule has 1 N–H and O–H groups in total. The summed E-state index contributed by atoms with van der Waals surface area (Å²) >= 11 is 0. The number of nitrogens with one attached hydrogen (secondary N) is 1. The van der Waals surface area contributed by atoms with Gasteiger partial charge in [0.1, 0.15) is 12.4 Å². The fraction of sp³-hybridized carbons (Fsp3) is 0.667. The first-order valence-electron chi connectivity index (χ1n) is 8.26. The van der Waals surface area contributed by atoms with Crippen molar-refractivity contribution >= 4 is 12.4 Å². The molecule has 0 unspecified atom stereocenters. The summed E-state index contributed by atoms with van der Waals surface area (Å²) in [6, 6.07) is 6.41. The number of piperidine rings is 1. The van der Waals surface area contributed by atoms with Crippen molar-refractivity contribution < 1.29 is 4.74 Å². The average Bonchev–Trinajstić information content (AvgIpc) is 2.50. The third-order valence-electron chi connectivity index (χ3n) is 4.52. The molecule has 0 aliphatic carbocycles. The third kappa shape index (κ3) is 6.15. The highest BCUT2D eigenvalue weighted by atomic mass is 35.5. The van der Waals surface area contributed by atoms with Gasteiger partial charge in [-0.15, -0.1) is 12.4 Å². The lowest BCUT2D eigenvalue weighted by Crippen LogP contribution is -2.37. The molecule has 3 nitrogen and oxygen atoms in total. The normalized spacial score (nSPS) is 16.3. The van der Waals surface area contributed by atoms with Gasteiger partial charge in [0.05, 0.1) is 0 Å². The Bertz CT molecular complexity index is 431. The van der Waals surface area contributed by atoms with Gasteiger partial charge in [-0.05, 0) is 82.9 Å². The van der Waals surface area contributed by atoms with E-state index in [9.17, 15) is 0 Å². The Morgan fingerprint density at radius 2 is 1.95 bits per heavy atom. The molecule has 1 aliphatic rings. The Balaban J connectivity index is 0.00000242. The van der Waals surface area contributed by atoms with Gasteiger partial charge in [-0.1, -0.05) is 12.1 Å². The zero-order valence-corrected chi connectivity index (χ0v) is 15.0. The summed E-state index contributed by atoms with van der Waals surface area (Å²) in [5.41, 5.74) is 2.49. The maximum absolute atomic E-state index is 5.96. The van der Waals surface area contributed by atoms with Crippen LogP contribution in [0.4, 0.5) is 0 Å². The molecule has 0 radical (unpaired) electrons. The number of halogens is 1. The summed E-state index contributed by atoms with van der Waals surface area (Å²) in [6.07, 6.45) is 4.00. The van der Waals surface area contributed by atoms with Gasteiger partial charge < -0.3 is 10.1 Å². The van der Waals surface area contributed by atoms with E-state index in [1.807, 2.05) is 7.05 Å². The molecule has 0 atom stereocenters. The molecule has 1 aromatic carbocycles. The number of rotatable bonds is 7. The zero-order valence-electron chi connectivity index (χ0n) is 14.2. The molecule has 0 bridgehead atoms. The van der Waals surface area contributed by atoms with Gasteiger partial charge in [0.2, 0.25) is 0 Å². The summed E-state index contributed by atoms with van der Waals surface area (Å²) in [6.45, 7) is 9.68. The maximum atomic E-state index is 5.96. The molecule has 1 saturated heterocycles. The van der Waals surface area contributed by atoms with Crippen LogP contribution in [-0.4, -0.2) is 44.7 Å². The molecule has 4 heteroatoms. The van der Waals surface area contributed by atoms with Crippen molar-refractivity contribution in [2.75, 3.05) is 39.8 Å². The number of hydrogen-bond donors (Lipinski definition) is 1. The number of nitrogens with zero attached hydrogens (tertiary/aromatic N) is 1. The lowest BCUT2D eigenvalue weighted by Gasteiger charge is -2.31. The maximum Gasteiger partial charge on any atom is 0.122 e. The smallest absolute Gasteiger partial charge is 0.122 e. The predicted octanol–water partition coefficient (Wildman–Crippen LogP) is 3.43. The molecule has 22 heavy (non-hydrogen) atoms. The Morgan fingerprint density at radius 3 is 2.64 bits per heavy atom. The van der Waals surface area contributed by atoms with Gasteiger partial charge in [0.25, 0.3) is 0 Å². The average molecular weight is 327 g/mol. The molecule has 0 aromatic heterocycles. The minimum absolute atomic E-state index is 0. The summed E-state index contributed by atoms with van der Waals surface area (Å²) < 4.78 is 5.96. The first kappa shape index (κ1) is 19.3. The molecule has 1 fully saturated rings. The number of hydrogen-bond acceptors (Lipinski definition) is 3. The van der Waals surface area contributed by atoms with Crippen molar-refractivity contribution in [1.82, 2.24) is 10.2 Å². The van der Waals surface area contributed by atoms with E-state index in [2.05, 4.69) is 42.3 Å². The molecule has 0 amide bonds. The minimum atomic E-state index is 0. The Labute approximate surface area is 141 Å². The fourth-order valence-corrected chi connectivity index (χ4v) is 2.99. The van der Waals surface area contributed by atoms with E-state index < -0.39 is 0 Å². The van der Waals surface area contributed by atoms with Gasteiger partial charge in [0, 0.05) is 6.54 Å². The van der Waals surface area contributed by atoms with Crippen molar-refractivity contribution in [3.05, 3.63) is 29.3 Å². The van der Waals surface area contributed by atoms with Crippen LogP contribution in [0.15, 0.2) is 18.2 Å². The van der Waals surface area contributed by atoms with Gasteiger partial charge >= 0.3 is 0 Å². The second-order valence-corrected chi connectivity index (χ2v) is 6.29. The topological polar surface area (TPSA) is 24.5 Å². The molecule has 2 rings (SSSR count). The monoisotopic (exact) mass is 326 g/mol. The van der Waals surface area contributed by atoms with E-state index in [-0.39, 0.29) is 12.4 Å². The van der Waals surface area contributed by atoms with Crippen molar-refractivity contribution in [2.24, 2.45) is 5.92 Å². The van der Waals surface area contributed by atoms with Crippen LogP contribution in [0.3, 0.4) is 0 Å². The Kier molecular flexibility index (Phi) is 8.84. The highest BCUT2D eigenvalue weighted by molar-refractivity contribution is 5.85. The van der Waals surface area contributed by atoms with Crippen LogP contribution in [0.1, 0.15) is 30.4 Å². The number of aryl methyl sites for hydroxylation is 2. The third-order valence-corrected chi connectivity index (χ3v) is 4.52. The summed E-state index contributed by atoms with van der Waals surface area (Å²) in [7, 11) is 2.04. The second-order valence-electron chi connectivity index (χ2n) is 6.29. The lowest BCUT2D eigenvalue weighted by atomic mass is 9.93. The van der Waals surface area contributed by atoms with E-state index in [1.54, 1.807) is 0 Å². The molecule has 1 heterocycles. The molecule has 126 valence electrons. The van der Waals surface area contributed by atoms with Gasteiger partial charge in [-0.2, -0.15) is 0 Å². The molecular formula is C18H31ClN2O. The van der Waals surface area contributed by atoms with Gasteiger partial charge in [-0.25, -0.2) is 0 Å². The van der Waals surface area contributed by atoms with Gasteiger partial charge in [0.15, 0.2) is 0 Å². The standard InChI is InChI=1S/C18H30N2O.ClH/c1-15-4-5-16(2)18(14-15)21-13-12-20-10-7-17(8-11-20)6-9-19-3;/h4-5,14,17,19H,6-13H2,1-3H3;1H. The van der Waals surface area contributed by atoms with E-state index in [0.717, 1.165) is 31.4 Å². The fourth-order valence-electron chi connectivity index (χ4n) is 2.99. The predicted molar refractivity (Wildman–Crippen MR) is 96.4 cm³/mol. The summed E-state index contributed by atoms with van der Waals surface area (Å²) in [4.78, 5) is 2.54. The van der Waals surface area contributed by atoms with E-state index >= 15 is 0 Å². The summed E-state index contributed by atoms with van der Waals surface area (Å²) in [5.74, 6) is 1.95. The lowest BCUT2D eigenvalue weighted by molar-refractivity contribution is 0.151. The van der Waals surface area contributed by atoms with E-state index in [4.69, 9.17) is 4.74 Å². The van der Waals surface area contributed by atoms with Crippen molar-refractivity contribution in [2.45, 2.75) is 33.1 Å². The zero-order chi connectivity index (χ0) is 15.1. The van der Waals surface area contributed by atoms with E-state index in [1.165, 1.54) is 43.5 Å². The Morgan fingerprint density at radius 1 is 1.23 bits per heavy atom. The van der Waals surface area contributed by atoms with Crippen LogP contribution in [0.25, 0.3) is 0 Å². The van der Waals surface area contributed by atoms with Gasteiger partial charge in [-0.3, -0.25) is 4.90 Å². The van der Waals surface area contributed by atoms with Crippen LogP contribution in [-0.2, 0) is 0 Å². The van der Waals surface area contributed by atoms with Crippen molar-refractivity contribution in [1.29, 1.82) is 0 Å². The SMILES string of the molecule is CNCCC1CCN(CCOc2cc(C)ccc2C)CC1.Cl. The molecule has 0 saturated carbocycles. The number of benzene rings is 1. The number of likely N-dealkylation sites (tertiary alicyclic amines) is 1. The van der Waals surface area contributed by atoms with Crippen molar-refractivity contribution in [3.8, 4) is 5.75 Å². The second kappa shape index (κ2) is 10.1.